The number of nitrogens with one attached hydrogen (secondary N) is 2. The Balaban J connectivity index is 1.45. The number of aromatic nitrogens is 2. The molecule has 1 heterocycles. The molecule has 0 fully saturated rings. The lowest BCUT2D eigenvalue weighted by Gasteiger charge is -2.20. The van der Waals surface area contributed by atoms with Gasteiger partial charge in [-0.05, 0) is 59.9 Å². The lowest BCUT2D eigenvalue weighted by Crippen LogP contribution is -2.40. The summed E-state index contributed by atoms with van der Waals surface area (Å²) in [5, 5.41) is 19.6. The molecule has 1 aromatic heterocycles. The normalized spacial score (nSPS) is 11.8. The van der Waals surface area contributed by atoms with Gasteiger partial charge in [-0.1, -0.05) is 50.2 Å². The van der Waals surface area contributed by atoms with Gasteiger partial charge in [-0.15, -0.1) is 17.6 Å². The smallest absolute Gasteiger partial charge is 0.406 e. The molecule has 4 rings (SSSR count). The van der Waals surface area contributed by atoms with Gasteiger partial charge in [0, 0.05) is 23.9 Å². The van der Waals surface area contributed by atoms with Crippen molar-refractivity contribution in [2.24, 2.45) is 12.9 Å². The number of nitrogens with zero attached hydrogens (tertiary/aromatic N) is 4. The van der Waals surface area contributed by atoms with Gasteiger partial charge < -0.3 is 15.4 Å². The summed E-state index contributed by atoms with van der Waals surface area (Å²) in [7, 11) is -2.32. The molecule has 0 aliphatic rings. The van der Waals surface area contributed by atoms with Crippen molar-refractivity contribution < 1.29 is 31.1 Å². The molecule has 15 heteroatoms. The van der Waals surface area contributed by atoms with E-state index in [9.17, 15) is 31.6 Å². The van der Waals surface area contributed by atoms with E-state index in [2.05, 4.69) is 20.5 Å². The molecule has 3 aromatic carbocycles. The van der Waals surface area contributed by atoms with E-state index in [4.69, 9.17) is 5.84 Å². The maximum atomic E-state index is 13.0. The number of benzene rings is 3. The van der Waals surface area contributed by atoms with E-state index in [-0.39, 0.29) is 29.4 Å². The number of alkyl halides is 3. The van der Waals surface area contributed by atoms with E-state index in [0.29, 0.717) is 16.8 Å². The molecule has 0 radical (unpaired) electrons. The molecule has 0 saturated carbocycles. The molecule has 4 aromatic rings. The van der Waals surface area contributed by atoms with Crippen molar-refractivity contribution in [3.05, 3.63) is 94.5 Å². The third-order valence-corrected chi connectivity index (χ3v) is 8.29. The van der Waals surface area contributed by atoms with Gasteiger partial charge in [-0.3, -0.25) is 15.3 Å². The molecule has 0 unspecified atom stereocenters. The van der Waals surface area contributed by atoms with Crippen LogP contribution in [-0.2, 0) is 23.6 Å². The van der Waals surface area contributed by atoms with E-state index in [0.717, 1.165) is 45.5 Å². The van der Waals surface area contributed by atoms with E-state index < -0.39 is 33.9 Å². The number of sulfonamides is 1. The van der Waals surface area contributed by atoms with Crippen LogP contribution in [-0.4, -0.2) is 40.8 Å². The Labute approximate surface area is 264 Å². The Morgan fingerprint density at radius 1 is 1.11 bits per heavy atom. The summed E-state index contributed by atoms with van der Waals surface area (Å²) in [6, 6.07) is 18.8. The number of amides is 1. The molecule has 0 aliphatic carbocycles. The number of aryl methyl sites for hydroxylation is 2. The Kier molecular flexibility index (Phi) is 10.1. The Bertz CT molecular complexity index is 1870. The first-order valence-electron chi connectivity index (χ1n) is 13.9. The monoisotopic (exact) mass is 655 g/mol. The van der Waals surface area contributed by atoms with Gasteiger partial charge in [0.15, 0.2) is 5.82 Å². The van der Waals surface area contributed by atoms with Gasteiger partial charge in [0.2, 0.25) is 10.0 Å². The fourth-order valence-corrected chi connectivity index (χ4v) is 5.51. The van der Waals surface area contributed by atoms with Crippen LogP contribution in [0.25, 0.3) is 11.3 Å². The molecular weight excluding hydrogens is 623 g/mol. The first-order valence-corrected chi connectivity index (χ1v) is 15.5. The number of nitriles is 1. The molecule has 0 aliphatic heterocycles. The zero-order chi connectivity index (χ0) is 33.8. The van der Waals surface area contributed by atoms with Crippen LogP contribution in [0.3, 0.4) is 0 Å². The predicted molar refractivity (Wildman–Crippen MR) is 167 cm³/mol. The number of hydrogen-bond acceptors (Lipinski definition) is 8. The number of nitrogens with two attached hydrogens (primary N) is 1. The van der Waals surface area contributed by atoms with Crippen molar-refractivity contribution >= 4 is 27.4 Å². The standard InChI is InChI=1S/C31H32F3N7O4S/c1-19(2)25-14-5-20(3)15-27(25)37-18-46(43,44)41(36)17-21-6-8-22(9-7-21)28-26(16-35)29(39-40(28)4)38-30(42)23-10-12-24(13-11-23)45-31(32,33)34/h5-15,19,37H,17-18,36H2,1-4H3,(H,38,39,42). The number of carbonyl (C=O) groups excluding carboxylic acids is 1. The van der Waals surface area contributed by atoms with E-state index in [1.54, 1.807) is 31.3 Å². The first kappa shape index (κ1) is 34.0. The summed E-state index contributed by atoms with van der Waals surface area (Å²) in [6.07, 6.45) is -4.87. The van der Waals surface area contributed by atoms with Crippen LogP contribution in [0.4, 0.5) is 24.7 Å². The maximum Gasteiger partial charge on any atom is 0.573 e. The summed E-state index contributed by atoms with van der Waals surface area (Å²) in [5.41, 5.74) is 4.28. The van der Waals surface area contributed by atoms with Crippen molar-refractivity contribution in [1.82, 2.24) is 14.2 Å². The van der Waals surface area contributed by atoms with Crippen LogP contribution in [0.5, 0.6) is 5.75 Å². The molecule has 0 atom stereocenters. The molecule has 0 bridgehead atoms. The number of anilines is 2. The minimum absolute atomic E-state index is 0.0192. The molecule has 0 saturated heterocycles. The predicted octanol–water partition coefficient (Wildman–Crippen LogP) is 5.62. The number of ether oxygens (including phenoxy) is 1. The summed E-state index contributed by atoms with van der Waals surface area (Å²) in [4.78, 5) is 12.7. The highest BCUT2D eigenvalue weighted by Gasteiger charge is 2.31. The number of hydrogen-bond donors (Lipinski definition) is 3. The Morgan fingerprint density at radius 2 is 1.76 bits per heavy atom. The second kappa shape index (κ2) is 13.6. The first-order chi connectivity index (χ1) is 21.6. The maximum absolute atomic E-state index is 13.0. The largest absolute Gasteiger partial charge is 0.573 e. The lowest BCUT2D eigenvalue weighted by atomic mass is 9.99. The fourth-order valence-electron chi connectivity index (χ4n) is 4.66. The molecule has 4 N–H and O–H groups in total. The third kappa shape index (κ3) is 8.21. The van der Waals surface area contributed by atoms with Gasteiger partial charge in [0.05, 0.1) is 12.2 Å². The van der Waals surface area contributed by atoms with Crippen LogP contribution in [0, 0.1) is 18.3 Å². The van der Waals surface area contributed by atoms with Crippen molar-refractivity contribution in [3.8, 4) is 23.1 Å². The zero-order valence-electron chi connectivity index (χ0n) is 25.4. The number of halogens is 3. The molecular formula is C31H32F3N7O4S. The van der Waals surface area contributed by atoms with Crippen molar-refractivity contribution in [2.45, 2.75) is 39.6 Å². The average Bonchev–Trinajstić information content (AvgIpc) is 3.30. The van der Waals surface area contributed by atoms with E-state index in [1.165, 1.54) is 4.68 Å². The molecule has 242 valence electrons. The van der Waals surface area contributed by atoms with E-state index in [1.807, 2.05) is 45.0 Å². The molecule has 46 heavy (non-hydrogen) atoms. The highest BCUT2D eigenvalue weighted by atomic mass is 32.2. The molecule has 11 nitrogen and oxygen atoms in total. The minimum Gasteiger partial charge on any atom is -0.406 e. The SMILES string of the molecule is Cc1ccc(C(C)C)c(NCS(=O)(=O)N(N)Cc2ccc(-c3c(C#N)c(NC(=O)c4ccc(OC(F)(F)F)cc4)nn3C)cc2)c1. The number of rotatable bonds is 11. The van der Waals surface area contributed by atoms with Gasteiger partial charge in [0.1, 0.15) is 23.3 Å². The molecule has 0 spiro atoms. The topological polar surface area (TPSA) is 155 Å². The Hall–Kier alpha value is -4.91. The summed E-state index contributed by atoms with van der Waals surface area (Å²) in [6.45, 7) is 5.86. The van der Waals surface area contributed by atoms with Gasteiger partial charge in [0.25, 0.3) is 5.91 Å². The second-order valence-electron chi connectivity index (χ2n) is 10.8. The van der Waals surface area contributed by atoms with Crippen LogP contribution in [0.15, 0.2) is 66.7 Å². The average molecular weight is 656 g/mol. The summed E-state index contributed by atoms with van der Waals surface area (Å²) in [5.74, 6) is 4.54. The van der Waals surface area contributed by atoms with Gasteiger partial charge in [-0.25, -0.2) is 8.42 Å². The zero-order valence-corrected chi connectivity index (χ0v) is 26.2. The summed E-state index contributed by atoms with van der Waals surface area (Å²) >= 11 is 0. The highest BCUT2D eigenvalue weighted by Crippen LogP contribution is 2.30. The minimum atomic E-state index is -4.87. The van der Waals surface area contributed by atoms with Crippen molar-refractivity contribution in [1.29, 1.82) is 5.26 Å². The quantitative estimate of drug-likeness (QED) is 0.139. The fraction of sp³-hybridized carbons (Fsp3) is 0.258. The van der Waals surface area contributed by atoms with Crippen LogP contribution in [0.2, 0.25) is 0 Å². The number of hydrazine groups is 1. The van der Waals surface area contributed by atoms with E-state index >= 15 is 0 Å². The molecule has 1 amide bonds. The highest BCUT2D eigenvalue weighted by molar-refractivity contribution is 7.89. The van der Waals surface area contributed by atoms with Gasteiger partial charge in [-0.2, -0.15) is 10.4 Å². The third-order valence-electron chi connectivity index (χ3n) is 6.94. The van der Waals surface area contributed by atoms with Crippen LogP contribution >= 0.6 is 0 Å². The summed E-state index contributed by atoms with van der Waals surface area (Å²) < 4.78 is 69.2. The second-order valence-corrected chi connectivity index (χ2v) is 12.7. The van der Waals surface area contributed by atoms with Crippen molar-refractivity contribution in [3.63, 3.8) is 0 Å². The Morgan fingerprint density at radius 3 is 2.35 bits per heavy atom. The van der Waals surface area contributed by atoms with Crippen LogP contribution in [0.1, 0.15) is 52.4 Å². The van der Waals surface area contributed by atoms with Crippen LogP contribution < -0.4 is 21.2 Å². The number of carbonyl (C=O) groups is 1. The van der Waals surface area contributed by atoms with Crippen molar-refractivity contribution in [2.75, 3.05) is 16.5 Å². The lowest BCUT2D eigenvalue weighted by molar-refractivity contribution is -0.274. The van der Waals surface area contributed by atoms with Gasteiger partial charge >= 0.3 is 6.36 Å².